The predicted octanol–water partition coefficient (Wildman–Crippen LogP) is 2.80. The van der Waals surface area contributed by atoms with Gasteiger partial charge in [0.05, 0.1) is 21.6 Å². The molecule has 4 atom stereocenters. The molecule has 0 radical (unpaired) electrons. The molecule has 1 fully saturated rings. The van der Waals surface area contributed by atoms with E-state index in [4.69, 9.17) is 17.8 Å². The zero-order chi connectivity index (χ0) is 25.1. The van der Waals surface area contributed by atoms with E-state index in [2.05, 4.69) is 0 Å². The molecule has 0 saturated carbocycles. The lowest BCUT2D eigenvalue weighted by atomic mass is 10.1. The Kier molecular flexibility index (Phi) is 8.56. The van der Waals surface area contributed by atoms with E-state index in [0.717, 1.165) is 22.9 Å². The summed E-state index contributed by atoms with van der Waals surface area (Å²) < 4.78 is 73.9. The maximum atomic E-state index is 13.1. The third-order valence-electron chi connectivity index (χ3n) is 5.03. The summed E-state index contributed by atoms with van der Waals surface area (Å²) in [4.78, 5) is 11.6. The van der Waals surface area contributed by atoms with Crippen molar-refractivity contribution in [2.24, 2.45) is 0 Å². The lowest BCUT2D eigenvalue weighted by molar-refractivity contribution is -0.216. The van der Waals surface area contributed by atoms with Gasteiger partial charge < -0.3 is 9.47 Å². The van der Waals surface area contributed by atoms with Crippen LogP contribution in [0.2, 0.25) is 0 Å². The fourth-order valence-corrected chi connectivity index (χ4v) is 6.47. The molecule has 186 valence electrons. The predicted molar refractivity (Wildman–Crippen MR) is 125 cm³/mol. The Morgan fingerprint density at radius 2 is 1.29 bits per heavy atom. The minimum atomic E-state index is -4.36. The number of hydrogen-bond acceptors (Lipinski definition) is 10. The smallest absolute Gasteiger partial charge is 0.297 e. The molecular formula is C22H26O9S3. The molecule has 2 aromatic carbocycles. The molecule has 0 bridgehead atoms. The molecule has 34 heavy (non-hydrogen) atoms. The fourth-order valence-electron chi connectivity index (χ4n) is 3.29. The quantitative estimate of drug-likeness (QED) is 0.471. The highest BCUT2D eigenvalue weighted by Crippen LogP contribution is 2.34. The minimum Gasteiger partial charge on any atom is -0.353 e. The van der Waals surface area contributed by atoms with Crippen molar-refractivity contribution in [2.45, 2.75) is 54.3 Å². The van der Waals surface area contributed by atoms with E-state index in [1.54, 1.807) is 38.1 Å². The molecule has 3 rings (SSSR count). The molecule has 9 nitrogen and oxygen atoms in total. The molecule has 0 unspecified atom stereocenters. The Bertz CT molecular complexity index is 1210. The van der Waals surface area contributed by atoms with E-state index in [-0.39, 0.29) is 21.5 Å². The van der Waals surface area contributed by atoms with Gasteiger partial charge in [-0.3, -0.25) is 13.2 Å². The highest BCUT2D eigenvalue weighted by molar-refractivity contribution is 8.14. The van der Waals surface area contributed by atoms with E-state index in [9.17, 15) is 21.6 Å². The van der Waals surface area contributed by atoms with E-state index in [0.29, 0.717) is 0 Å². The van der Waals surface area contributed by atoms with Crippen LogP contribution in [-0.4, -0.2) is 59.4 Å². The standard InChI is InChI=1S/C22H26O9S3/c1-14-5-9-17(10-6-14)33(24,25)30-20-19(32-16(3)23)13-29-22(28-4)21(20)31-34(26,27)18-11-7-15(2)8-12-18/h5-12,19-22H,13H2,1-4H3/t19-,20+,21-,22+/m1/s1. The summed E-state index contributed by atoms with van der Waals surface area (Å²) in [5.41, 5.74) is 1.69. The first-order valence-electron chi connectivity index (χ1n) is 10.2. The van der Waals surface area contributed by atoms with Crippen molar-refractivity contribution < 1.29 is 39.5 Å². The first-order valence-corrected chi connectivity index (χ1v) is 13.9. The summed E-state index contributed by atoms with van der Waals surface area (Å²) in [6.45, 7) is 4.79. The number of carbonyl (C=O) groups excluding carboxylic acids is 1. The van der Waals surface area contributed by atoms with Gasteiger partial charge in [0.15, 0.2) is 17.5 Å². The number of thioether (sulfide) groups is 1. The van der Waals surface area contributed by atoms with Crippen molar-refractivity contribution in [1.82, 2.24) is 0 Å². The van der Waals surface area contributed by atoms with Gasteiger partial charge in [0.1, 0.15) is 6.10 Å². The number of methoxy groups -OCH3 is 1. The summed E-state index contributed by atoms with van der Waals surface area (Å²) >= 11 is 0.778. The van der Waals surface area contributed by atoms with Crippen LogP contribution >= 0.6 is 11.8 Å². The van der Waals surface area contributed by atoms with Crippen LogP contribution in [0.15, 0.2) is 58.3 Å². The van der Waals surface area contributed by atoms with Crippen LogP contribution in [-0.2, 0) is 42.9 Å². The Balaban J connectivity index is 2.00. The summed E-state index contributed by atoms with van der Waals surface area (Å²) in [5.74, 6) is 0. The van der Waals surface area contributed by atoms with Crippen LogP contribution in [0.4, 0.5) is 0 Å². The van der Waals surface area contributed by atoms with E-state index < -0.39 is 44.0 Å². The maximum absolute atomic E-state index is 13.1. The van der Waals surface area contributed by atoms with Gasteiger partial charge in [-0.25, -0.2) is 0 Å². The van der Waals surface area contributed by atoms with E-state index in [1.165, 1.54) is 38.3 Å². The molecule has 1 heterocycles. The molecule has 0 N–H and O–H groups in total. The maximum Gasteiger partial charge on any atom is 0.297 e. The second-order valence-corrected chi connectivity index (χ2v) is 12.3. The second kappa shape index (κ2) is 10.9. The molecule has 1 aliphatic heterocycles. The summed E-state index contributed by atoms with van der Waals surface area (Å²) in [7, 11) is -7.44. The number of carbonyl (C=O) groups is 1. The zero-order valence-corrected chi connectivity index (χ0v) is 21.5. The van der Waals surface area contributed by atoms with Crippen LogP contribution in [0, 0.1) is 13.8 Å². The van der Waals surface area contributed by atoms with Crippen LogP contribution < -0.4 is 0 Å². The van der Waals surface area contributed by atoms with Crippen LogP contribution in [0.25, 0.3) is 0 Å². The Labute approximate surface area is 204 Å². The first kappa shape index (κ1) is 26.8. The largest absolute Gasteiger partial charge is 0.353 e. The van der Waals surface area contributed by atoms with Gasteiger partial charge in [-0.2, -0.15) is 16.8 Å². The Morgan fingerprint density at radius 3 is 1.71 bits per heavy atom. The van der Waals surface area contributed by atoms with E-state index in [1.807, 2.05) is 0 Å². The first-order chi connectivity index (χ1) is 15.9. The number of ether oxygens (including phenoxy) is 2. The SMILES string of the molecule is CO[C@H]1OC[C@@H](SC(C)=O)[C@H](OS(=O)(=O)c2ccc(C)cc2)[C@H]1OS(=O)(=O)c1ccc(C)cc1. The molecule has 1 saturated heterocycles. The molecule has 1 aliphatic rings. The average molecular weight is 531 g/mol. The Hall–Kier alpha value is -1.80. The van der Waals surface area contributed by atoms with Crippen molar-refractivity contribution in [3.8, 4) is 0 Å². The van der Waals surface area contributed by atoms with Gasteiger partial charge in [-0.05, 0) is 38.1 Å². The molecule has 0 aromatic heterocycles. The fraction of sp³-hybridized carbons (Fsp3) is 0.409. The molecule has 2 aromatic rings. The van der Waals surface area contributed by atoms with Crippen molar-refractivity contribution in [1.29, 1.82) is 0 Å². The second-order valence-electron chi connectivity index (χ2n) is 7.74. The van der Waals surface area contributed by atoms with Gasteiger partial charge >= 0.3 is 0 Å². The Morgan fingerprint density at radius 1 is 0.853 bits per heavy atom. The summed E-state index contributed by atoms with van der Waals surface area (Å²) in [5, 5.41) is -1.20. The lowest BCUT2D eigenvalue weighted by Crippen LogP contribution is -2.56. The summed E-state index contributed by atoms with van der Waals surface area (Å²) in [6, 6.07) is 11.9. The topological polar surface area (TPSA) is 122 Å². The average Bonchev–Trinajstić information content (AvgIpc) is 2.76. The highest BCUT2D eigenvalue weighted by atomic mass is 32.2. The third kappa shape index (κ3) is 6.45. The van der Waals surface area contributed by atoms with Gasteiger partial charge in [-0.15, -0.1) is 0 Å². The van der Waals surface area contributed by atoms with Crippen LogP contribution in [0.3, 0.4) is 0 Å². The van der Waals surface area contributed by atoms with E-state index >= 15 is 0 Å². The van der Waals surface area contributed by atoms with Crippen molar-refractivity contribution in [3.63, 3.8) is 0 Å². The van der Waals surface area contributed by atoms with Crippen molar-refractivity contribution >= 4 is 37.1 Å². The normalized spacial score (nSPS) is 23.5. The number of rotatable bonds is 8. The number of benzene rings is 2. The van der Waals surface area contributed by atoms with Crippen LogP contribution in [0.5, 0.6) is 0 Å². The monoisotopic (exact) mass is 530 g/mol. The van der Waals surface area contributed by atoms with Gasteiger partial charge in [0, 0.05) is 14.0 Å². The number of hydrogen-bond donors (Lipinski definition) is 0. The molecule has 0 aliphatic carbocycles. The van der Waals surface area contributed by atoms with Gasteiger partial charge in [0.2, 0.25) is 0 Å². The van der Waals surface area contributed by atoms with Crippen LogP contribution in [0.1, 0.15) is 18.1 Å². The van der Waals surface area contributed by atoms with Crippen molar-refractivity contribution in [3.05, 3.63) is 59.7 Å². The molecule has 12 heteroatoms. The molecule has 0 spiro atoms. The highest BCUT2D eigenvalue weighted by Gasteiger charge is 2.48. The zero-order valence-electron chi connectivity index (χ0n) is 19.0. The minimum absolute atomic E-state index is 0.120. The van der Waals surface area contributed by atoms with Gasteiger partial charge in [-0.1, -0.05) is 47.2 Å². The van der Waals surface area contributed by atoms with Gasteiger partial charge in [0.25, 0.3) is 20.2 Å². The van der Waals surface area contributed by atoms with Crippen molar-refractivity contribution in [2.75, 3.05) is 13.7 Å². The molecule has 0 amide bonds. The summed E-state index contributed by atoms with van der Waals surface area (Å²) in [6.07, 6.45) is -4.18. The lowest BCUT2D eigenvalue weighted by Gasteiger charge is -2.39. The third-order valence-corrected chi connectivity index (χ3v) is 8.72. The molecular weight excluding hydrogens is 504 g/mol. The number of aryl methyl sites for hydroxylation is 2.